The molecule has 0 spiro atoms. The first-order valence-electron chi connectivity index (χ1n) is 7.06. The maximum atomic E-state index is 6.14. The molecule has 0 aliphatic heterocycles. The van der Waals surface area contributed by atoms with Crippen LogP contribution in [0.3, 0.4) is 0 Å². The van der Waals surface area contributed by atoms with Crippen LogP contribution < -0.4 is 5.32 Å². The summed E-state index contributed by atoms with van der Waals surface area (Å²) in [6, 6.07) is 0.476. The maximum absolute atomic E-state index is 6.14. The minimum absolute atomic E-state index is 0.0321. The van der Waals surface area contributed by atoms with Gasteiger partial charge in [0.2, 0.25) is 0 Å². The summed E-state index contributed by atoms with van der Waals surface area (Å²) in [5, 5.41) is 3.47. The zero-order chi connectivity index (χ0) is 12.9. The van der Waals surface area contributed by atoms with E-state index in [1.165, 1.54) is 0 Å². The highest BCUT2D eigenvalue weighted by atomic mass is 16.6. The van der Waals surface area contributed by atoms with Crippen LogP contribution in [0.1, 0.15) is 53.9 Å². The molecule has 0 aromatic carbocycles. The normalized spacial score (nSPS) is 29.1. The predicted molar refractivity (Wildman–Crippen MR) is 71.4 cm³/mol. The fourth-order valence-electron chi connectivity index (χ4n) is 2.13. The van der Waals surface area contributed by atoms with Crippen molar-refractivity contribution in [2.24, 2.45) is 0 Å². The van der Waals surface area contributed by atoms with Crippen molar-refractivity contribution >= 4 is 0 Å². The van der Waals surface area contributed by atoms with E-state index in [2.05, 4.69) is 39.9 Å². The zero-order valence-corrected chi connectivity index (χ0v) is 12.1. The Morgan fingerprint density at radius 2 is 1.94 bits per heavy atom. The summed E-state index contributed by atoms with van der Waals surface area (Å²) in [5.74, 6) is 0. The Labute approximate surface area is 106 Å². The van der Waals surface area contributed by atoms with Gasteiger partial charge < -0.3 is 14.8 Å². The van der Waals surface area contributed by atoms with E-state index in [4.69, 9.17) is 9.47 Å². The van der Waals surface area contributed by atoms with Crippen LogP contribution in [0.15, 0.2) is 0 Å². The van der Waals surface area contributed by atoms with Crippen LogP contribution in [0.5, 0.6) is 0 Å². The molecule has 1 N–H and O–H groups in total. The number of likely N-dealkylation sites (N-methyl/N-ethyl adjacent to an activating group) is 1. The highest BCUT2D eigenvalue weighted by molar-refractivity contribution is 4.98. The Morgan fingerprint density at radius 3 is 2.47 bits per heavy atom. The first kappa shape index (κ1) is 14.9. The van der Waals surface area contributed by atoms with Gasteiger partial charge >= 0.3 is 0 Å². The number of hydrogen-bond donors (Lipinski definition) is 1. The van der Waals surface area contributed by atoms with Gasteiger partial charge in [0.25, 0.3) is 0 Å². The molecule has 0 bridgehead atoms. The van der Waals surface area contributed by atoms with Gasteiger partial charge in [-0.2, -0.15) is 0 Å². The molecule has 0 saturated heterocycles. The summed E-state index contributed by atoms with van der Waals surface area (Å²) >= 11 is 0. The summed E-state index contributed by atoms with van der Waals surface area (Å²) < 4.78 is 12.1. The van der Waals surface area contributed by atoms with Crippen LogP contribution in [0.2, 0.25) is 0 Å². The molecule has 0 heterocycles. The minimum Gasteiger partial charge on any atom is -0.374 e. The lowest BCUT2D eigenvalue weighted by Crippen LogP contribution is -2.61. The monoisotopic (exact) mass is 243 g/mol. The minimum atomic E-state index is -0.0321. The lowest BCUT2D eigenvalue weighted by molar-refractivity contribution is -0.192. The molecule has 1 aliphatic carbocycles. The number of nitrogens with one attached hydrogen (secondary N) is 1. The standard InChI is InChI=1S/C14H29NO2/c1-6-9-16-13-11(15-8-3)10-12(13)17-14(4,5)7-2/h11-13,15H,6-10H2,1-5H3. The van der Waals surface area contributed by atoms with E-state index < -0.39 is 0 Å². The molecule has 3 unspecified atom stereocenters. The number of rotatable bonds is 8. The molecule has 102 valence electrons. The Bertz CT molecular complexity index is 218. The first-order valence-corrected chi connectivity index (χ1v) is 7.06. The first-order chi connectivity index (χ1) is 8.04. The Morgan fingerprint density at radius 1 is 1.24 bits per heavy atom. The van der Waals surface area contributed by atoms with Gasteiger partial charge in [-0.3, -0.25) is 0 Å². The second-order valence-electron chi connectivity index (χ2n) is 5.50. The van der Waals surface area contributed by atoms with Gasteiger partial charge in [-0.15, -0.1) is 0 Å². The number of hydrogen-bond acceptors (Lipinski definition) is 3. The summed E-state index contributed by atoms with van der Waals surface area (Å²) in [6.07, 6.45) is 3.68. The second-order valence-corrected chi connectivity index (χ2v) is 5.50. The zero-order valence-electron chi connectivity index (χ0n) is 12.1. The highest BCUT2D eigenvalue weighted by Crippen LogP contribution is 2.32. The summed E-state index contributed by atoms with van der Waals surface area (Å²) in [4.78, 5) is 0. The van der Waals surface area contributed by atoms with E-state index in [0.717, 1.165) is 32.4 Å². The summed E-state index contributed by atoms with van der Waals surface area (Å²) in [6.45, 7) is 12.6. The van der Waals surface area contributed by atoms with Crippen molar-refractivity contribution in [1.29, 1.82) is 0 Å². The molecule has 1 saturated carbocycles. The van der Waals surface area contributed by atoms with Crippen LogP contribution in [0, 0.1) is 0 Å². The third kappa shape index (κ3) is 4.23. The van der Waals surface area contributed by atoms with E-state index in [0.29, 0.717) is 6.04 Å². The molecule has 0 radical (unpaired) electrons. The molecule has 17 heavy (non-hydrogen) atoms. The van der Waals surface area contributed by atoms with Gasteiger partial charge in [0.1, 0.15) is 0 Å². The van der Waals surface area contributed by atoms with Gasteiger partial charge in [0.05, 0.1) is 17.8 Å². The molecule has 0 aromatic heterocycles. The molecule has 1 aliphatic rings. The van der Waals surface area contributed by atoms with Crippen LogP contribution in [-0.4, -0.2) is 37.0 Å². The molecule has 1 rings (SSSR count). The van der Waals surface area contributed by atoms with Gasteiger partial charge in [0, 0.05) is 12.6 Å². The Hall–Kier alpha value is -0.120. The molecule has 1 fully saturated rings. The third-order valence-electron chi connectivity index (χ3n) is 3.55. The second kappa shape index (κ2) is 6.72. The van der Waals surface area contributed by atoms with Gasteiger partial charge in [-0.25, -0.2) is 0 Å². The van der Waals surface area contributed by atoms with Gasteiger partial charge in [-0.05, 0) is 39.7 Å². The average Bonchev–Trinajstić information content (AvgIpc) is 2.28. The van der Waals surface area contributed by atoms with Gasteiger partial charge in [-0.1, -0.05) is 20.8 Å². The van der Waals surface area contributed by atoms with Crippen molar-refractivity contribution < 1.29 is 9.47 Å². The predicted octanol–water partition coefficient (Wildman–Crippen LogP) is 2.74. The third-order valence-corrected chi connectivity index (χ3v) is 3.55. The molecule has 0 amide bonds. The van der Waals surface area contributed by atoms with Crippen molar-refractivity contribution in [3.8, 4) is 0 Å². The van der Waals surface area contributed by atoms with E-state index in [-0.39, 0.29) is 17.8 Å². The smallest absolute Gasteiger partial charge is 0.0990 e. The van der Waals surface area contributed by atoms with Crippen molar-refractivity contribution in [3.05, 3.63) is 0 Å². The van der Waals surface area contributed by atoms with Crippen LogP contribution >= 0.6 is 0 Å². The maximum Gasteiger partial charge on any atom is 0.0990 e. The fraction of sp³-hybridized carbons (Fsp3) is 1.00. The molecule has 0 aromatic rings. The average molecular weight is 243 g/mol. The van der Waals surface area contributed by atoms with Gasteiger partial charge in [0.15, 0.2) is 0 Å². The van der Waals surface area contributed by atoms with E-state index in [9.17, 15) is 0 Å². The fourth-order valence-corrected chi connectivity index (χ4v) is 2.13. The molecular formula is C14H29NO2. The summed E-state index contributed by atoms with van der Waals surface area (Å²) in [7, 11) is 0. The van der Waals surface area contributed by atoms with Crippen molar-refractivity contribution in [3.63, 3.8) is 0 Å². The van der Waals surface area contributed by atoms with E-state index in [1.807, 2.05) is 0 Å². The van der Waals surface area contributed by atoms with Crippen LogP contribution in [0.4, 0.5) is 0 Å². The topological polar surface area (TPSA) is 30.5 Å². The highest BCUT2D eigenvalue weighted by Gasteiger charge is 2.44. The quantitative estimate of drug-likeness (QED) is 0.711. The van der Waals surface area contributed by atoms with Crippen LogP contribution in [0.25, 0.3) is 0 Å². The number of ether oxygens (including phenoxy) is 2. The lowest BCUT2D eigenvalue weighted by atomic mass is 9.84. The van der Waals surface area contributed by atoms with E-state index >= 15 is 0 Å². The largest absolute Gasteiger partial charge is 0.374 e. The van der Waals surface area contributed by atoms with E-state index in [1.54, 1.807) is 0 Å². The van der Waals surface area contributed by atoms with Crippen LogP contribution in [-0.2, 0) is 9.47 Å². The molecule has 3 atom stereocenters. The van der Waals surface area contributed by atoms with Crippen molar-refractivity contribution in [1.82, 2.24) is 5.32 Å². The van der Waals surface area contributed by atoms with Crippen molar-refractivity contribution in [2.75, 3.05) is 13.2 Å². The summed E-state index contributed by atoms with van der Waals surface area (Å²) in [5.41, 5.74) is -0.0321. The molecule has 3 nitrogen and oxygen atoms in total. The molecule has 3 heteroatoms. The van der Waals surface area contributed by atoms with Crippen molar-refractivity contribution in [2.45, 2.75) is 77.7 Å². The Balaban J connectivity index is 2.44. The lowest BCUT2D eigenvalue weighted by Gasteiger charge is -2.47. The Kier molecular flexibility index (Phi) is 5.90. The SMILES string of the molecule is CCCOC1C(NCC)CC1OC(C)(C)CC. The molecular weight excluding hydrogens is 214 g/mol.